The van der Waals surface area contributed by atoms with Crippen LogP contribution in [0.4, 0.5) is 0 Å². The number of aliphatic hydroxyl groups is 1. The molecular formula is C7H13NO3. The molecule has 0 saturated carbocycles. The second kappa shape index (κ2) is 4.87. The van der Waals surface area contributed by atoms with Gasteiger partial charge in [-0.1, -0.05) is 12.7 Å². The maximum Gasteiger partial charge on any atom is 0.325 e. The van der Waals surface area contributed by atoms with Crippen LogP contribution < -0.4 is 5.73 Å². The third kappa shape index (κ3) is 3.75. The van der Waals surface area contributed by atoms with E-state index in [1.54, 1.807) is 0 Å². The van der Waals surface area contributed by atoms with E-state index in [4.69, 9.17) is 10.8 Å². The predicted octanol–water partition coefficient (Wildman–Crippen LogP) is -0.576. The SMILES string of the molecule is C=CCOC(=O)[C@@H](N)C(C)O. The first-order valence-corrected chi connectivity index (χ1v) is 3.30. The molecule has 0 aliphatic heterocycles. The molecule has 0 aromatic rings. The second-order valence-electron chi connectivity index (χ2n) is 2.19. The number of hydrogen-bond acceptors (Lipinski definition) is 4. The number of rotatable bonds is 4. The highest BCUT2D eigenvalue weighted by atomic mass is 16.5. The summed E-state index contributed by atoms with van der Waals surface area (Å²) in [5.41, 5.74) is 5.24. The zero-order chi connectivity index (χ0) is 8.85. The molecule has 4 heteroatoms. The summed E-state index contributed by atoms with van der Waals surface area (Å²) in [6.07, 6.45) is 0.555. The van der Waals surface area contributed by atoms with Crippen molar-refractivity contribution in [3.8, 4) is 0 Å². The smallest absolute Gasteiger partial charge is 0.325 e. The minimum absolute atomic E-state index is 0.124. The van der Waals surface area contributed by atoms with E-state index in [9.17, 15) is 4.79 Å². The highest BCUT2D eigenvalue weighted by molar-refractivity contribution is 5.76. The summed E-state index contributed by atoms with van der Waals surface area (Å²) in [6.45, 7) is 4.91. The molecule has 3 N–H and O–H groups in total. The quantitative estimate of drug-likeness (QED) is 0.425. The summed E-state index contributed by atoms with van der Waals surface area (Å²) in [7, 11) is 0. The first-order valence-electron chi connectivity index (χ1n) is 3.30. The topological polar surface area (TPSA) is 72.5 Å². The molecule has 4 nitrogen and oxygen atoms in total. The van der Waals surface area contributed by atoms with Gasteiger partial charge in [-0.05, 0) is 6.92 Å². The molecule has 0 aliphatic rings. The van der Waals surface area contributed by atoms with Crippen molar-refractivity contribution in [3.05, 3.63) is 12.7 Å². The van der Waals surface area contributed by atoms with Gasteiger partial charge >= 0.3 is 5.97 Å². The van der Waals surface area contributed by atoms with E-state index >= 15 is 0 Å². The molecule has 2 atom stereocenters. The first-order chi connectivity index (χ1) is 5.09. The number of ether oxygens (including phenoxy) is 1. The van der Waals surface area contributed by atoms with E-state index in [0.717, 1.165) is 0 Å². The van der Waals surface area contributed by atoms with Gasteiger partial charge in [-0.2, -0.15) is 0 Å². The van der Waals surface area contributed by atoms with Gasteiger partial charge in [0.1, 0.15) is 12.6 Å². The van der Waals surface area contributed by atoms with Crippen LogP contribution in [0.15, 0.2) is 12.7 Å². The van der Waals surface area contributed by atoms with Crippen LogP contribution in [0.25, 0.3) is 0 Å². The summed E-state index contributed by atoms with van der Waals surface area (Å²) in [4.78, 5) is 10.8. The van der Waals surface area contributed by atoms with Crippen molar-refractivity contribution in [1.29, 1.82) is 0 Å². The Kier molecular flexibility index (Phi) is 4.49. The van der Waals surface area contributed by atoms with Gasteiger partial charge in [0.2, 0.25) is 0 Å². The monoisotopic (exact) mass is 159 g/mol. The van der Waals surface area contributed by atoms with Crippen molar-refractivity contribution in [1.82, 2.24) is 0 Å². The molecule has 0 amide bonds. The minimum atomic E-state index is -0.963. The highest BCUT2D eigenvalue weighted by Crippen LogP contribution is 1.92. The van der Waals surface area contributed by atoms with E-state index in [1.807, 2.05) is 0 Å². The van der Waals surface area contributed by atoms with Crippen LogP contribution in [0.5, 0.6) is 0 Å². The van der Waals surface area contributed by atoms with E-state index in [2.05, 4.69) is 11.3 Å². The molecule has 0 aliphatic carbocycles. The minimum Gasteiger partial charge on any atom is -0.460 e. The lowest BCUT2D eigenvalue weighted by Crippen LogP contribution is -2.41. The molecule has 0 radical (unpaired) electrons. The molecule has 0 heterocycles. The van der Waals surface area contributed by atoms with Gasteiger partial charge in [0.05, 0.1) is 6.10 Å². The molecule has 0 spiro atoms. The van der Waals surface area contributed by atoms with Crippen molar-refractivity contribution < 1.29 is 14.6 Å². The Balaban J connectivity index is 3.73. The predicted molar refractivity (Wildman–Crippen MR) is 40.8 cm³/mol. The Morgan fingerprint density at radius 3 is 2.82 bits per heavy atom. The van der Waals surface area contributed by atoms with Crippen LogP contribution in [0.3, 0.4) is 0 Å². The number of hydrogen-bond donors (Lipinski definition) is 2. The summed E-state index contributed by atoms with van der Waals surface area (Å²) < 4.78 is 4.57. The van der Waals surface area contributed by atoms with Gasteiger partial charge in [-0.15, -0.1) is 0 Å². The fourth-order valence-corrected chi connectivity index (χ4v) is 0.434. The molecular weight excluding hydrogens is 146 g/mol. The lowest BCUT2D eigenvalue weighted by Gasteiger charge is -2.12. The first kappa shape index (κ1) is 10.1. The van der Waals surface area contributed by atoms with Crippen LogP contribution in [-0.2, 0) is 9.53 Å². The van der Waals surface area contributed by atoms with Gasteiger partial charge < -0.3 is 15.6 Å². The Morgan fingerprint density at radius 1 is 1.91 bits per heavy atom. The maximum absolute atomic E-state index is 10.8. The zero-order valence-electron chi connectivity index (χ0n) is 6.49. The summed E-state index contributed by atoms with van der Waals surface area (Å²) in [5.74, 6) is -0.611. The second-order valence-corrected chi connectivity index (χ2v) is 2.19. The standard InChI is InChI=1S/C7H13NO3/c1-3-4-11-7(10)6(8)5(2)9/h3,5-6,9H,1,4,8H2,2H3/t5?,6-/m0/s1. The molecule has 0 fully saturated rings. The van der Waals surface area contributed by atoms with Crippen LogP contribution in [0, 0.1) is 0 Å². The summed E-state index contributed by atoms with van der Waals surface area (Å²) >= 11 is 0. The third-order valence-corrected chi connectivity index (χ3v) is 1.14. The number of nitrogens with two attached hydrogens (primary N) is 1. The molecule has 64 valence electrons. The van der Waals surface area contributed by atoms with Crippen LogP contribution in [-0.4, -0.2) is 29.8 Å². The lowest BCUT2D eigenvalue weighted by molar-refractivity contribution is -0.146. The fourth-order valence-electron chi connectivity index (χ4n) is 0.434. The summed E-state index contributed by atoms with van der Waals surface area (Å²) in [6, 6.07) is -0.963. The van der Waals surface area contributed by atoms with Crippen LogP contribution in [0.2, 0.25) is 0 Å². The number of esters is 1. The Bertz CT molecular complexity index is 145. The third-order valence-electron chi connectivity index (χ3n) is 1.14. The van der Waals surface area contributed by atoms with Crippen molar-refractivity contribution in [2.24, 2.45) is 5.73 Å². The highest BCUT2D eigenvalue weighted by Gasteiger charge is 2.19. The molecule has 0 saturated heterocycles. The largest absolute Gasteiger partial charge is 0.460 e. The Morgan fingerprint density at radius 2 is 2.45 bits per heavy atom. The number of carbonyl (C=O) groups excluding carboxylic acids is 1. The Hall–Kier alpha value is -0.870. The number of aliphatic hydroxyl groups excluding tert-OH is 1. The van der Waals surface area contributed by atoms with Gasteiger partial charge in [-0.25, -0.2) is 0 Å². The van der Waals surface area contributed by atoms with E-state index in [-0.39, 0.29) is 6.61 Å². The van der Waals surface area contributed by atoms with E-state index in [0.29, 0.717) is 0 Å². The van der Waals surface area contributed by atoms with Gasteiger partial charge in [0, 0.05) is 0 Å². The fraction of sp³-hybridized carbons (Fsp3) is 0.571. The van der Waals surface area contributed by atoms with Gasteiger partial charge in [-0.3, -0.25) is 4.79 Å². The molecule has 0 aromatic carbocycles. The lowest BCUT2D eigenvalue weighted by atomic mass is 10.2. The van der Waals surface area contributed by atoms with E-state index in [1.165, 1.54) is 13.0 Å². The molecule has 0 aromatic heterocycles. The van der Waals surface area contributed by atoms with Gasteiger partial charge in [0.15, 0.2) is 0 Å². The van der Waals surface area contributed by atoms with Gasteiger partial charge in [0.25, 0.3) is 0 Å². The number of carbonyl (C=O) groups is 1. The molecule has 0 bridgehead atoms. The van der Waals surface area contributed by atoms with E-state index < -0.39 is 18.1 Å². The maximum atomic E-state index is 10.8. The Labute approximate surface area is 65.6 Å². The summed E-state index contributed by atoms with van der Waals surface area (Å²) in [5, 5.41) is 8.84. The molecule has 1 unspecified atom stereocenters. The van der Waals surface area contributed by atoms with Crippen molar-refractivity contribution >= 4 is 5.97 Å². The van der Waals surface area contributed by atoms with Crippen LogP contribution >= 0.6 is 0 Å². The average Bonchev–Trinajstić information content (AvgIpc) is 1.98. The normalized spacial score (nSPS) is 15.2. The van der Waals surface area contributed by atoms with Crippen molar-refractivity contribution in [3.63, 3.8) is 0 Å². The van der Waals surface area contributed by atoms with Crippen molar-refractivity contribution in [2.45, 2.75) is 19.1 Å². The zero-order valence-corrected chi connectivity index (χ0v) is 6.49. The molecule has 11 heavy (non-hydrogen) atoms. The average molecular weight is 159 g/mol. The molecule has 0 rings (SSSR count). The van der Waals surface area contributed by atoms with Crippen molar-refractivity contribution in [2.75, 3.05) is 6.61 Å². The van der Waals surface area contributed by atoms with Crippen LogP contribution in [0.1, 0.15) is 6.92 Å².